The summed E-state index contributed by atoms with van der Waals surface area (Å²) < 4.78 is 16.8. The van der Waals surface area contributed by atoms with E-state index in [2.05, 4.69) is 46.7 Å². The molecule has 1 N–H and O–H groups in total. The Kier molecular flexibility index (Phi) is 6.30. The molecule has 0 bridgehead atoms. The van der Waals surface area contributed by atoms with Crippen LogP contribution < -0.4 is 19.5 Å². The molecule has 2 aromatic carbocycles. The zero-order chi connectivity index (χ0) is 20.8. The van der Waals surface area contributed by atoms with Crippen LogP contribution in [0.25, 0.3) is 6.08 Å². The number of hydrogen-bond donors (Lipinski definition) is 1. The Morgan fingerprint density at radius 3 is 2.63 bits per heavy atom. The Morgan fingerprint density at radius 1 is 1.03 bits per heavy atom. The molecule has 1 unspecified atom stereocenters. The third-order valence-electron chi connectivity index (χ3n) is 5.21. The Hall–Kier alpha value is -3.31. The topological polar surface area (TPSA) is 52.6 Å². The van der Waals surface area contributed by atoms with E-state index in [0.29, 0.717) is 12.5 Å². The number of methoxy groups -OCH3 is 2. The van der Waals surface area contributed by atoms with E-state index in [-0.39, 0.29) is 6.04 Å². The fraction of sp³-hybridized carbons (Fsp3) is 0.240. The van der Waals surface area contributed by atoms with Crippen LogP contribution in [0.15, 0.2) is 66.9 Å². The molecule has 30 heavy (non-hydrogen) atoms. The summed E-state index contributed by atoms with van der Waals surface area (Å²) in [7, 11) is 3.30. The molecule has 0 fully saturated rings. The van der Waals surface area contributed by atoms with Crippen LogP contribution in [-0.2, 0) is 13.0 Å². The largest absolute Gasteiger partial charge is 0.493 e. The van der Waals surface area contributed by atoms with Crippen LogP contribution in [0.2, 0.25) is 0 Å². The highest BCUT2D eigenvalue weighted by Crippen LogP contribution is 2.36. The van der Waals surface area contributed by atoms with Crippen molar-refractivity contribution in [1.29, 1.82) is 0 Å². The summed E-state index contributed by atoms with van der Waals surface area (Å²) in [6, 6.07) is 18.3. The van der Waals surface area contributed by atoms with Crippen molar-refractivity contribution in [3.05, 3.63) is 89.1 Å². The van der Waals surface area contributed by atoms with Gasteiger partial charge >= 0.3 is 0 Å². The molecule has 1 aromatic heterocycles. The lowest BCUT2D eigenvalue weighted by Gasteiger charge is -2.26. The lowest BCUT2D eigenvalue weighted by Crippen LogP contribution is -2.28. The summed E-state index contributed by atoms with van der Waals surface area (Å²) in [4.78, 5) is 4.26. The highest BCUT2D eigenvalue weighted by atomic mass is 16.5. The summed E-state index contributed by atoms with van der Waals surface area (Å²) >= 11 is 0. The summed E-state index contributed by atoms with van der Waals surface area (Å²) in [5.74, 6) is 2.14. The minimum Gasteiger partial charge on any atom is -0.493 e. The molecular formula is C25H26N2O3. The van der Waals surface area contributed by atoms with Crippen LogP contribution in [-0.4, -0.2) is 25.7 Å². The van der Waals surface area contributed by atoms with E-state index in [1.54, 1.807) is 20.4 Å². The van der Waals surface area contributed by atoms with Gasteiger partial charge in [0.05, 0.1) is 20.3 Å². The van der Waals surface area contributed by atoms with Crippen molar-refractivity contribution in [3.63, 3.8) is 0 Å². The Bertz CT molecular complexity index is 1000. The van der Waals surface area contributed by atoms with Crippen LogP contribution in [0.5, 0.6) is 17.4 Å². The highest BCUT2D eigenvalue weighted by molar-refractivity contribution is 5.54. The van der Waals surface area contributed by atoms with Crippen LogP contribution in [0, 0.1) is 0 Å². The van der Waals surface area contributed by atoms with Gasteiger partial charge in [0.25, 0.3) is 0 Å². The zero-order valence-electron chi connectivity index (χ0n) is 17.3. The molecule has 0 aliphatic carbocycles. The van der Waals surface area contributed by atoms with E-state index in [1.807, 2.05) is 30.3 Å². The second-order valence-electron chi connectivity index (χ2n) is 7.15. The molecule has 154 valence electrons. The number of pyridine rings is 1. The molecular weight excluding hydrogens is 376 g/mol. The van der Waals surface area contributed by atoms with Gasteiger partial charge in [0, 0.05) is 18.8 Å². The monoisotopic (exact) mass is 402 g/mol. The molecule has 0 spiro atoms. The first-order chi connectivity index (χ1) is 14.8. The number of fused-ring (bicyclic) bond motifs is 1. The smallest absolute Gasteiger partial charge is 0.212 e. The summed E-state index contributed by atoms with van der Waals surface area (Å²) in [6.07, 6.45) is 6.99. The fourth-order valence-corrected chi connectivity index (χ4v) is 3.59. The first-order valence-electron chi connectivity index (χ1n) is 10.1. The summed E-state index contributed by atoms with van der Waals surface area (Å²) in [5, 5.41) is 3.57. The molecule has 5 heteroatoms. The van der Waals surface area contributed by atoms with Crippen molar-refractivity contribution in [2.24, 2.45) is 0 Å². The number of hydrogen-bond acceptors (Lipinski definition) is 5. The predicted octanol–water partition coefficient (Wildman–Crippen LogP) is 4.58. The van der Waals surface area contributed by atoms with Gasteiger partial charge in [-0.2, -0.15) is 0 Å². The number of aromatic nitrogens is 1. The first-order valence-corrected chi connectivity index (χ1v) is 10.1. The van der Waals surface area contributed by atoms with Crippen molar-refractivity contribution >= 4 is 6.08 Å². The van der Waals surface area contributed by atoms with Gasteiger partial charge in [-0.25, -0.2) is 4.98 Å². The maximum atomic E-state index is 6.08. The molecule has 4 rings (SSSR count). The van der Waals surface area contributed by atoms with Crippen molar-refractivity contribution in [3.8, 4) is 17.4 Å². The Balaban J connectivity index is 1.54. The molecule has 0 amide bonds. The van der Waals surface area contributed by atoms with Crippen molar-refractivity contribution in [1.82, 2.24) is 10.3 Å². The van der Waals surface area contributed by atoms with Gasteiger partial charge in [-0.05, 0) is 46.9 Å². The minimum atomic E-state index is 0.105. The number of nitrogens with zero attached hydrogens (tertiary/aromatic N) is 1. The zero-order valence-corrected chi connectivity index (χ0v) is 17.3. The molecule has 1 atom stereocenters. The second kappa shape index (κ2) is 9.46. The van der Waals surface area contributed by atoms with Crippen LogP contribution in [0.3, 0.4) is 0 Å². The van der Waals surface area contributed by atoms with Crippen molar-refractivity contribution in [2.75, 3.05) is 20.8 Å². The third-order valence-corrected chi connectivity index (χ3v) is 5.21. The average molecular weight is 402 g/mol. The molecule has 1 aliphatic rings. The van der Waals surface area contributed by atoms with Gasteiger partial charge in [-0.15, -0.1) is 0 Å². The maximum Gasteiger partial charge on any atom is 0.212 e. The van der Waals surface area contributed by atoms with Gasteiger partial charge in [0.2, 0.25) is 5.88 Å². The molecule has 3 aromatic rings. The van der Waals surface area contributed by atoms with Gasteiger partial charge in [-0.3, -0.25) is 0 Å². The number of nitrogens with one attached hydrogen (secondary N) is 1. The fourth-order valence-electron chi connectivity index (χ4n) is 3.59. The molecule has 0 radical (unpaired) electrons. The van der Waals surface area contributed by atoms with Crippen LogP contribution in [0.1, 0.15) is 28.3 Å². The van der Waals surface area contributed by atoms with Gasteiger partial charge in [0.15, 0.2) is 11.5 Å². The molecule has 5 nitrogen and oxygen atoms in total. The number of benzene rings is 2. The lowest BCUT2D eigenvalue weighted by atomic mass is 9.93. The standard InChI is InChI=1S/C25H26N2O3/c1-28-23-15-21-20(14-24(23)30-17-19-6-4-3-5-7-19)12-13-26-22(21)10-8-18-9-11-25(29-2)27-16-18/h3-11,14-16,22,26H,12-13,17H2,1-2H3. The van der Waals surface area contributed by atoms with E-state index in [9.17, 15) is 0 Å². The molecule has 1 aliphatic heterocycles. The van der Waals surface area contributed by atoms with E-state index in [1.165, 1.54) is 11.1 Å². The SMILES string of the molecule is COc1ccc(C=CC2NCCc3cc(OCc4ccccc4)c(OC)cc32)cn1. The molecule has 2 heterocycles. The second-order valence-corrected chi connectivity index (χ2v) is 7.15. The van der Waals surface area contributed by atoms with Gasteiger partial charge in [-0.1, -0.05) is 42.5 Å². The predicted molar refractivity (Wildman–Crippen MR) is 118 cm³/mol. The van der Waals surface area contributed by atoms with Crippen LogP contribution >= 0.6 is 0 Å². The van der Waals surface area contributed by atoms with E-state index >= 15 is 0 Å². The maximum absolute atomic E-state index is 6.08. The van der Waals surface area contributed by atoms with Gasteiger partial charge < -0.3 is 19.5 Å². The summed E-state index contributed by atoms with van der Waals surface area (Å²) in [5.41, 5.74) is 4.65. The third kappa shape index (κ3) is 4.63. The van der Waals surface area contributed by atoms with Crippen LogP contribution in [0.4, 0.5) is 0 Å². The highest BCUT2D eigenvalue weighted by Gasteiger charge is 2.21. The first kappa shape index (κ1) is 20.0. The lowest BCUT2D eigenvalue weighted by molar-refractivity contribution is 0.283. The van der Waals surface area contributed by atoms with E-state index in [0.717, 1.165) is 35.6 Å². The Morgan fingerprint density at radius 2 is 1.90 bits per heavy atom. The quantitative estimate of drug-likeness (QED) is 0.627. The van der Waals surface area contributed by atoms with Crippen molar-refractivity contribution < 1.29 is 14.2 Å². The normalized spacial score (nSPS) is 15.6. The molecule has 0 saturated heterocycles. The van der Waals surface area contributed by atoms with E-state index < -0.39 is 0 Å². The average Bonchev–Trinajstić information content (AvgIpc) is 2.81. The van der Waals surface area contributed by atoms with Crippen molar-refractivity contribution in [2.45, 2.75) is 19.1 Å². The minimum absolute atomic E-state index is 0.105. The molecule has 0 saturated carbocycles. The summed E-state index contributed by atoms with van der Waals surface area (Å²) in [6.45, 7) is 1.43. The number of ether oxygens (including phenoxy) is 3. The Labute approximate surface area is 177 Å². The number of rotatable bonds is 7. The van der Waals surface area contributed by atoms with Gasteiger partial charge in [0.1, 0.15) is 6.61 Å². The van der Waals surface area contributed by atoms with E-state index in [4.69, 9.17) is 14.2 Å².